The van der Waals surface area contributed by atoms with Gasteiger partial charge in [-0.25, -0.2) is 14.6 Å². The highest BCUT2D eigenvalue weighted by molar-refractivity contribution is 7.14. The zero-order valence-corrected chi connectivity index (χ0v) is 15.4. The molecule has 0 aliphatic carbocycles. The number of nitrogens with one attached hydrogen (secondary N) is 2. The Kier molecular flexibility index (Phi) is 4.75. The summed E-state index contributed by atoms with van der Waals surface area (Å²) in [5, 5.41) is 18.5. The number of benzene rings is 2. The van der Waals surface area contributed by atoms with Crippen LogP contribution >= 0.6 is 11.3 Å². The summed E-state index contributed by atoms with van der Waals surface area (Å²) < 4.78 is 5.24. The van der Waals surface area contributed by atoms with Crippen LogP contribution in [0, 0.1) is 10.1 Å². The summed E-state index contributed by atoms with van der Waals surface area (Å²) in [5.41, 5.74) is 0.559. The molecule has 0 saturated heterocycles. The molecule has 0 aliphatic heterocycles. The fourth-order valence-corrected chi connectivity index (χ4v) is 3.34. The fraction of sp³-hybridized carbons (Fsp3) is 0. The molecular weight excluding hydrogens is 396 g/mol. The van der Waals surface area contributed by atoms with Crippen molar-refractivity contribution in [1.29, 1.82) is 0 Å². The minimum Gasteiger partial charge on any atom is -0.422 e. The van der Waals surface area contributed by atoms with Gasteiger partial charge in [-0.3, -0.25) is 15.4 Å². The fourth-order valence-electron chi connectivity index (χ4n) is 2.64. The molecule has 29 heavy (non-hydrogen) atoms. The average molecular weight is 408 g/mol. The molecule has 144 valence electrons. The average Bonchev–Trinajstić information content (AvgIpc) is 3.15. The van der Waals surface area contributed by atoms with Gasteiger partial charge in [0.2, 0.25) is 0 Å². The number of nitro benzene ring substituents is 1. The third-order valence-electron chi connectivity index (χ3n) is 3.96. The van der Waals surface area contributed by atoms with E-state index in [9.17, 15) is 19.7 Å². The van der Waals surface area contributed by atoms with Crippen molar-refractivity contribution in [2.75, 3.05) is 10.6 Å². The zero-order valence-electron chi connectivity index (χ0n) is 14.6. The van der Waals surface area contributed by atoms with Crippen LogP contribution in [0.4, 0.5) is 21.3 Å². The topological polar surface area (TPSA) is 127 Å². The van der Waals surface area contributed by atoms with Crippen molar-refractivity contribution in [3.63, 3.8) is 0 Å². The van der Waals surface area contributed by atoms with Gasteiger partial charge in [-0.1, -0.05) is 18.2 Å². The Hall–Kier alpha value is -4.05. The van der Waals surface area contributed by atoms with Crippen molar-refractivity contribution >= 4 is 44.8 Å². The molecule has 0 radical (unpaired) electrons. The van der Waals surface area contributed by atoms with Crippen LogP contribution in [0.2, 0.25) is 0 Å². The summed E-state index contributed by atoms with van der Waals surface area (Å²) in [5.74, 6) is 0. The molecule has 0 aliphatic rings. The lowest BCUT2D eigenvalue weighted by Crippen LogP contribution is -2.19. The summed E-state index contributed by atoms with van der Waals surface area (Å²) >= 11 is 1.13. The number of non-ortho nitro benzene ring substituents is 1. The van der Waals surface area contributed by atoms with E-state index in [0.717, 1.165) is 11.3 Å². The van der Waals surface area contributed by atoms with E-state index in [-0.39, 0.29) is 22.0 Å². The van der Waals surface area contributed by atoms with Crippen LogP contribution in [0.3, 0.4) is 0 Å². The SMILES string of the molecule is O=C(Nc1ccccc1)Nc1nc(-c2cc3cc([N+](=O)[O-])ccc3oc2=O)cs1. The number of urea groups is 1. The van der Waals surface area contributed by atoms with Crippen LogP contribution in [-0.4, -0.2) is 15.9 Å². The Morgan fingerprint density at radius 3 is 2.66 bits per heavy atom. The normalized spacial score (nSPS) is 10.6. The molecule has 9 nitrogen and oxygen atoms in total. The standard InChI is InChI=1S/C19H12N4O5S/c24-17-14(9-11-8-13(23(26)27)6-7-16(11)28-17)15-10-29-19(21-15)22-18(25)20-12-4-2-1-3-5-12/h1-10H,(H2,20,21,22,25). The monoisotopic (exact) mass is 408 g/mol. The first-order chi connectivity index (χ1) is 14.0. The molecule has 0 unspecified atom stereocenters. The van der Waals surface area contributed by atoms with E-state index in [2.05, 4.69) is 15.6 Å². The Morgan fingerprint density at radius 2 is 1.90 bits per heavy atom. The number of carbonyl (C=O) groups is 1. The molecule has 4 aromatic rings. The molecule has 2 aromatic carbocycles. The van der Waals surface area contributed by atoms with E-state index < -0.39 is 16.6 Å². The maximum absolute atomic E-state index is 12.3. The smallest absolute Gasteiger partial charge is 0.345 e. The van der Waals surface area contributed by atoms with Crippen LogP contribution in [0.5, 0.6) is 0 Å². The predicted octanol–water partition coefficient (Wildman–Crippen LogP) is 4.47. The number of aromatic nitrogens is 1. The Labute approximate surface area is 166 Å². The Bertz CT molecular complexity index is 1280. The molecule has 0 saturated carbocycles. The van der Waals surface area contributed by atoms with Crippen molar-refractivity contribution in [3.8, 4) is 11.3 Å². The molecule has 0 bridgehead atoms. The number of fused-ring (bicyclic) bond motifs is 1. The molecule has 2 N–H and O–H groups in total. The highest BCUT2D eigenvalue weighted by Crippen LogP contribution is 2.27. The summed E-state index contributed by atoms with van der Waals surface area (Å²) in [6, 6.07) is 13.9. The van der Waals surface area contributed by atoms with Gasteiger partial charge in [0.25, 0.3) is 5.69 Å². The predicted molar refractivity (Wildman–Crippen MR) is 109 cm³/mol. The van der Waals surface area contributed by atoms with Crippen molar-refractivity contribution in [2.45, 2.75) is 0 Å². The summed E-state index contributed by atoms with van der Waals surface area (Å²) in [4.78, 5) is 39.0. The van der Waals surface area contributed by atoms with E-state index in [1.165, 1.54) is 24.3 Å². The second kappa shape index (κ2) is 7.52. The first kappa shape index (κ1) is 18.3. The number of thiazole rings is 1. The number of amides is 2. The van der Waals surface area contributed by atoms with Gasteiger partial charge < -0.3 is 9.73 Å². The second-order valence-corrected chi connectivity index (χ2v) is 6.77. The van der Waals surface area contributed by atoms with Gasteiger partial charge in [-0.05, 0) is 24.3 Å². The lowest BCUT2D eigenvalue weighted by molar-refractivity contribution is -0.384. The minimum atomic E-state index is -0.628. The first-order valence-electron chi connectivity index (χ1n) is 8.31. The maximum Gasteiger partial charge on any atom is 0.345 e. The Balaban J connectivity index is 1.59. The van der Waals surface area contributed by atoms with Crippen LogP contribution in [0.15, 0.2) is 69.2 Å². The van der Waals surface area contributed by atoms with Gasteiger partial charge in [0.1, 0.15) is 5.58 Å². The summed E-state index contributed by atoms with van der Waals surface area (Å²) in [7, 11) is 0. The molecule has 10 heteroatoms. The summed E-state index contributed by atoms with van der Waals surface area (Å²) in [6.07, 6.45) is 0. The van der Waals surface area contributed by atoms with Gasteiger partial charge in [-0.15, -0.1) is 11.3 Å². The second-order valence-electron chi connectivity index (χ2n) is 5.91. The van der Waals surface area contributed by atoms with Crippen LogP contribution in [-0.2, 0) is 0 Å². The highest BCUT2D eigenvalue weighted by atomic mass is 32.1. The number of hydrogen-bond acceptors (Lipinski definition) is 7. The van der Waals surface area contributed by atoms with Gasteiger partial charge in [-0.2, -0.15) is 0 Å². The molecule has 0 spiro atoms. The Morgan fingerprint density at radius 1 is 1.10 bits per heavy atom. The number of hydrogen-bond donors (Lipinski definition) is 2. The zero-order chi connectivity index (χ0) is 20.4. The van der Waals surface area contributed by atoms with Crippen molar-refractivity contribution in [3.05, 3.63) is 80.5 Å². The highest BCUT2D eigenvalue weighted by Gasteiger charge is 2.15. The number of rotatable bonds is 4. The lowest BCUT2D eigenvalue weighted by atomic mass is 10.1. The molecule has 2 aromatic heterocycles. The van der Waals surface area contributed by atoms with E-state index in [0.29, 0.717) is 16.8 Å². The minimum absolute atomic E-state index is 0.115. The van der Waals surface area contributed by atoms with E-state index in [1.807, 2.05) is 6.07 Å². The van der Waals surface area contributed by atoms with Gasteiger partial charge in [0.15, 0.2) is 5.13 Å². The third kappa shape index (κ3) is 3.96. The number of para-hydroxylation sites is 1. The van der Waals surface area contributed by atoms with E-state index >= 15 is 0 Å². The van der Waals surface area contributed by atoms with Crippen LogP contribution in [0.1, 0.15) is 0 Å². The molecule has 2 amide bonds. The van der Waals surface area contributed by atoms with Gasteiger partial charge >= 0.3 is 11.7 Å². The largest absolute Gasteiger partial charge is 0.422 e. The quantitative estimate of drug-likeness (QED) is 0.291. The molecule has 4 rings (SSSR count). The first-order valence-corrected chi connectivity index (χ1v) is 9.19. The van der Waals surface area contributed by atoms with E-state index in [4.69, 9.17) is 4.42 Å². The lowest BCUT2D eigenvalue weighted by Gasteiger charge is -2.04. The van der Waals surface area contributed by atoms with Crippen molar-refractivity contribution in [2.24, 2.45) is 0 Å². The summed E-state index contributed by atoms with van der Waals surface area (Å²) in [6.45, 7) is 0. The van der Waals surface area contributed by atoms with Gasteiger partial charge in [0.05, 0.1) is 16.2 Å². The van der Waals surface area contributed by atoms with E-state index in [1.54, 1.807) is 29.6 Å². The van der Waals surface area contributed by atoms with Crippen LogP contribution < -0.4 is 16.3 Å². The molecule has 0 fully saturated rings. The number of anilines is 2. The third-order valence-corrected chi connectivity index (χ3v) is 4.72. The number of carbonyl (C=O) groups excluding carboxylic acids is 1. The molecule has 2 heterocycles. The van der Waals surface area contributed by atoms with Crippen LogP contribution in [0.25, 0.3) is 22.2 Å². The van der Waals surface area contributed by atoms with Crippen molar-refractivity contribution in [1.82, 2.24) is 4.98 Å². The molecular formula is C19H12N4O5S. The maximum atomic E-state index is 12.3. The number of nitro groups is 1. The van der Waals surface area contributed by atoms with Crippen molar-refractivity contribution < 1.29 is 14.1 Å². The van der Waals surface area contributed by atoms with Gasteiger partial charge in [0, 0.05) is 28.6 Å². The number of nitrogens with zero attached hydrogens (tertiary/aromatic N) is 2. The molecule has 0 atom stereocenters.